The zero-order valence-corrected chi connectivity index (χ0v) is 16.3. The van der Waals surface area contributed by atoms with Crippen LogP contribution in [0.3, 0.4) is 0 Å². The average Bonchev–Trinajstić information content (AvgIpc) is 3.11. The fraction of sp³-hybridized carbons (Fsp3) is 0.611. The van der Waals surface area contributed by atoms with Gasteiger partial charge < -0.3 is 20.1 Å². The SMILES string of the molecule is CCNC(=NCCCOC1CCOC1)NCCc1ccc(F)c(Br)c1. The van der Waals surface area contributed by atoms with E-state index in [1.54, 1.807) is 6.07 Å². The van der Waals surface area contributed by atoms with Crippen LogP contribution in [0.5, 0.6) is 0 Å². The van der Waals surface area contributed by atoms with Crippen LogP contribution < -0.4 is 10.6 Å². The van der Waals surface area contributed by atoms with Crippen molar-refractivity contribution in [2.24, 2.45) is 4.99 Å². The predicted octanol–water partition coefficient (Wildman–Crippen LogP) is 2.88. The van der Waals surface area contributed by atoms with Crippen LogP contribution in [0.25, 0.3) is 0 Å². The molecule has 1 saturated heterocycles. The van der Waals surface area contributed by atoms with Gasteiger partial charge in [0.05, 0.1) is 17.2 Å². The molecule has 0 saturated carbocycles. The monoisotopic (exact) mass is 415 g/mol. The minimum absolute atomic E-state index is 0.238. The number of ether oxygens (including phenoxy) is 2. The number of guanidine groups is 1. The number of hydrogen-bond acceptors (Lipinski definition) is 3. The van der Waals surface area contributed by atoms with Crippen LogP contribution in [0.1, 0.15) is 25.3 Å². The van der Waals surface area contributed by atoms with Crippen molar-refractivity contribution in [3.05, 3.63) is 34.1 Å². The standard InChI is InChI=1S/C18H27BrFN3O2/c1-2-21-18(22-8-3-10-25-15-7-11-24-13-15)23-9-6-14-4-5-17(20)16(19)12-14/h4-5,12,15H,2-3,6-11,13H2,1H3,(H2,21,22,23). The third kappa shape index (κ3) is 7.71. The topological polar surface area (TPSA) is 54.9 Å². The van der Waals surface area contributed by atoms with Crippen LogP contribution in [0.2, 0.25) is 0 Å². The van der Waals surface area contributed by atoms with Gasteiger partial charge in [0.25, 0.3) is 0 Å². The second-order valence-corrected chi connectivity index (χ2v) is 6.75. The summed E-state index contributed by atoms with van der Waals surface area (Å²) in [6, 6.07) is 5.09. The van der Waals surface area contributed by atoms with E-state index in [9.17, 15) is 4.39 Å². The lowest BCUT2D eigenvalue weighted by molar-refractivity contribution is 0.0424. The Morgan fingerprint density at radius 3 is 3.04 bits per heavy atom. The zero-order valence-electron chi connectivity index (χ0n) is 14.7. The number of aliphatic imine (C=N–C) groups is 1. The van der Waals surface area contributed by atoms with Gasteiger partial charge in [-0.25, -0.2) is 4.39 Å². The molecule has 2 rings (SSSR count). The highest BCUT2D eigenvalue weighted by atomic mass is 79.9. The Morgan fingerprint density at radius 2 is 2.32 bits per heavy atom. The Balaban J connectivity index is 1.66. The molecule has 25 heavy (non-hydrogen) atoms. The third-order valence-electron chi connectivity index (χ3n) is 3.85. The lowest BCUT2D eigenvalue weighted by Crippen LogP contribution is -2.38. The summed E-state index contributed by atoms with van der Waals surface area (Å²) in [6.07, 6.45) is 2.93. The van der Waals surface area contributed by atoms with Crippen LogP contribution in [0.4, 0.5) is 4.39 Å². The van der Waals surface area contributed by atoms with Crippen molar-refractivity contribution < 1.29 is 13.9 Å². The van der Waals surface area contributed by atoms with Gasteiger partial charge >= 0.3 is 0 Å². The van der Waals surface area contributed by atoms with Crippen molar-refractivity contribution in [2.75, 3.05) is 39.5 Å². The number of nitrogens with zero attached hydrogens (tertiary/aromatic N) is 1. The minimum Gasteiger partial charge on any atom is -0.379 e. The molecule has 0 bridgehead atoms. The van der Waals surface area contributed by atoms with E-state index < -0.39 is 0 Å². The molecule has 0 spiro atoms. The van der Waals surface area contributed by atoms with Crippen molar-refractivity contribution in [1.82, 2.24) is 10.6 Å². The van der Waals surface area contributed by atoms with Gasteiger partial charge in [-0.3, -0.25) is 4.99 Å². The molecule has 1 aliphatic rings. The van der Waals surface area contributed by atoms with Crippen LogP contribution in [0, 0.1) is 5.82 Å². The molecule has 1 heterocycles. The summed E-state index contributed by atoms with van der Waals surface area (Å²) in [7, 11) is 0. The van der Waals surface area contributed by atoms with E-state index in [1.807, 2.05) is 13.0 Å². The van der Waals surface area contributed by atoms with E-state index in [0.29, 0.717) is 24.2 Å². The first-order chi connectivity index (χ1) is 12.2. The maximum Gasteiger partial charge on any atom is 0.191 e. The van der Waals surface area contributed by atoms with Gasteiger partial charge in [0.1, 0.15) is 5.82 Å². The second kappa shape index (κ2) is 11.4. The highest BCUT2D eigenvalue weighted by Crippen LogP contribution is 2.16. The summed E-state index contributed by atoms with van der Waals surface area (Å²) in [5, 5.41) is 6.53. The maximum atomic E-state index is 13.2. The van der Waals surface area contributed by atoms with Gasteiger partial charge in [0, 0.05) is 32.8 Å². The molecule has 7 heteroatoms. The number of hydrogen-bond donors (Lipinski definition) is 2. The first kappa shape index (κ1) is 20.1. The highest BCUT2D eigenvalue weighted by Gasteiger charge is 2.15. The molecule has 1 aromatic rings. The van der Waals surface area contributed by atoms with Crippen LogP contribution >= 0.6 is 15.9 Å². The molecule has 1 aromatic carbocycles. The Labute approximate surface area is 157 Å². The molecule has 1 aliphatic heterocycles. The van der Waals surface area contributed by atoms with Crippen molar-refractivity contribution in [2.45, 2.75) is 32.3 Å². The molecule has 0 amide bonds. The Hall–Kier alpha value is -1.18. The molecule has 0 aromatic heterocycles. The molecule has 2 N–H and O–H groups in total. The van der Waals surface area contributed by atoms with E-state index in [4.69, 9.17) is 9.47 Å². The minimum atomic E-state index is -0.238. The molecule has 0 radical (unpaired) electrons. The van der Waals surface area contributed by atoms with Gasteiger partial charge in [-0.05, 0) is 59.8 Å². The van der Waals surface area contributed by atoms with Crippen molar-refractivity contribution in [3.8, 4) is 0 Å². The lowest BCUT2D eigenvalue weighted by Gasteiger charge is -2.12. The predicted molar refractivity (Wildman–Crippen MR) is 102 cm³/mol. The van der Waals surface area contributed by atoms with E-state index in [1.165, 1.54) is 6.07 Å². The molecular weight excluding hydrogens is 389 g/mol. The Kier molecular flexibility index (Phi) is 9.21. The molecule has 1 unspecified atom stereocenters. The fourth-order valence-corrected chi connectivity index (χ4v) is 2.94. The fourth-order valence-electron chi connectivity index (χ4n) is 2.51. The first-order valence-electron chi connectivity index (χ1n) is 8.84. The number of rotatable bonds is 9. The van der Waals surface area contributed by atoms with Gasteiger partial charge in [-0.15, -0.1) is 0 Å². The summed E-state index contributed by atoms with van der Waals surface area (Å²) in [5.41, 5.74) is 1.07. The maximum absolute atomic E-state index is 13.2. The van der Waals surface area contributed by atoms with Crippen LogP contribution in [-0.4, -0.2) is 51.5 Å². The van der Waals surface area contributed by atoms with Crippen molar-refractivity contribution in [1.29, 1.82) is 0 Å². The van der Waals surface area contributed by atoms with Gasteiger partial charge in [0.15, 0.2) is 5.96 Å². The summed E-state index contributed by atoms with van der Waals surface area (Å²) >= 11 is 3.21. The molecule has 1 atom stereocenters. The van der Waals surface area contributed by atoms with E-state index in [2.05, 4.69) is 31.6 Å². The summed E-state index contributed by atoms with van der Waals surface area (Å²) in [6.45, 7) is 6.53. The van der Waals surface area contributed by atoms with Gasteiger partial charge in [-0.1, -0.05) is 6.07 Å². The van der Waals surface area contributed by atoms with Crippen LogP contribution in [-0.2, 0) is 15.9 Å². The van der Waals surface area contributed by atoms with E-state index in [0.717, 1.165) is 50.5 Å². The van der Waals surface area contributed by atoms with Crippen LogP contribution in [0.15, 0.2) is 27.7 Å². The molecule has 0 aliphatic carbocycles. The van der Waals surface area contributed by atoms with Crippen molar-refractivity contribution >= 4 is 21.9 Å². The lowest BCUT2D eigenvalue weighted by atomic mass is 10.1. The smallest absolute Gasteiger partial charge is 0.191 e. The normalized spacial score (nSPS) is 17.7. The summed E-state index contributed by atoms with van der Waals surface area (Å²) in [5.74, 6) is 0.561. The Morgan fingerprint density at radius 1 is 1.44 bits per heavy atom. The molecule has 140 valence electrons. The highest BCUT2D eigenvalue weighted by molar-refractivity contribution is 9.10. The number of nitrogens with one attached hydrogen (secondary N) is 2. The zero-order chi connectivity index (χ0) is 17.9. The second-order valence-electron chi connectivity index (χ2n) is 5.90. The first-order valence-corrected chi connectivity index (χ1v) is 9.63. The molecule has 1 fully saturated rings. The van der Waals surface area contributed by atoms with E-state index in [-0.39, 0.29) is 11.9 Å². The summed E-state index contributed by atoms with van der Waals surface area (Å²) in [4.78, 5) is 4.55. The number of benzene rings is 1. The molecule has 5 nitrogen and oxygen atoms in total. The largest absolute Gasteiger partial charge is 0.379 e. The van der Waals surface area contributed by atoms with Gasteiger partial charge in [0.2, 0.25) is 0 Å². The number of halogens is 2. The van der Waals surface area contributed by atoms with E-state index >= 15 is 0 Å². The summed E-state index contributed by atoms with van der Waals surface area (Å²) < 4.78 is 24.8. The molecular formula is C18H27BrFN3O2. The Bertz CT molecular complexity index is 551. The quantitative estimate of drug-likeness (QED) is 0.369. The average molecular weight is 416 g/mol. The van der Waals surface area contributed by atoms with Gasteiger partial charge in [-0.2, -0.15) is 0 Å². The third-order valence-corrected chi connectivity index (χ3v) is 4.46. The van der Waals surface area contributed by atoms with Crippen molar-refractivity contribution in [3.63, 3.8) is 0 Å².